The quantitative estimate of drug-likeness (QED) is 0.440. The van der Waals surface area contributed by atoms with Crippen molar-refractivity contribution in [3.8, 4) is 0 Å². The van der Waals surface area contributed by atoms with Crippen LogP contribution in [0, 0.1) is 0 Å². The van der Waals surface area contributed by atoms with Gasteiger partial charge < -0.3 is 5.32 Å². The lowest BCUT2D eigenvalue weighted by molar-refractivity contribution is -0.905. The third-order valence-electron chi connectivity index (χ3n) is 3.22. The molecule has 0 atom stereocenters. The summed E-state index contributed by atoms with van der Waals surface area (Å²) in [7, 11) is 0. The summed E-state index contributed by atoms with van der Waals surface area (Å²) < 4.78 is 2.76. The lowest BCUT2D eigenvalue weighted by atomic mass is 10.3. The molecule has 0 amide bonds. The molecule has 0 aliphatic rings. The van der Waals surface area contributed by atoms with E-state index in [0.29, 0.717) is 11.7 Å². The van der Waals surface area contributed by atoms with Crippen LogP contribution < -0.4 is 10.0 Å². The maximum absolute atomic E-state index is 9.40. The number of nitrogens with zero attached hydrogens (tertiary/aromatic N) is 4. The summed E-state index contributed by atoms with van der Waals surface area (Å²) in [6.45, 7) is 2.59. The van der Waals surface area contributed by atoms with Crippen molar-refractivity contribution in [1.29, 1.82) is 0 Å². The maximum Gasteiger partial charge on any atom is 0.227 e. The molecular weight excluding hydrogens is 290 g/mol. The smallest absolute Gasteiger partial charge is 0.227 e. The van der Waals surface area contributed by atoms with Gasteiger partial charge in [0.05, 0.1) is 6.20 Å². The maximum atomic E-state index is 9.40. The largest absolute Gasteiger partial charge is 0.366 e. The first-order chi connectivity index (χ1) is 10.2. The van der Waals surface area contributed by atoms with E-state index in [1.165, 1.54) is 0 Å². The van der Waals surface area contributed by atoms with E-state index in [-0.39, 0.29) is 0 Å². The van der Waals surface area contributed by atoms with Crippen molar-refractivity contribution in [3.63, 3.8) is 0 Å². The molecule has 0 aromatic carbocycles. The topological polar surface area (TPSA) is 66.3 Å². The highest BCUT2D eigenvalue weighted by atomic mass is 35.5. The fraction of sp³-hybridized carbons (Fsp3) is 0.214. The van der Waals surface area contributed by atoms with E-state index in [1.54, 1.807) is 35.2 Å². The van der Waals surface area contributed by atoms with Gasteiger partial charge in [0.1, 0.15) is 11.0 Å². The van der Waals surface area contributed by atoms with Crippen molar-refractivity contribution < 1.29 is 9.94 Å². The van der Waals surface area contributed by atoms with Gasteiger partial charge in [0, 0.05) is 34.5 Å². The van der Waals surface area contributed by atoms with Crippen LogP contribution in [0.3, 0.4) is 0 Å². The van der Waals surface area contributed by atoms with Crippen LogP contribution in [0.15, 0.2) is 36.8 Å². The van der Waals surface area contributed by atoms with Gasteiger partial charge in [-0.1, -0.05) is 18.5 Å². The second kappa shape index (κ2) is 5.57. The zero-order valence-electron chi connectivity index (χ0n) is 11.5. The van der Waals surface area contributed by atoms with Crippen LogP contribution >= 0.6 is 11.6 Å². The third-order valence-corrected chi connectivity index (χ3v) is 3.41. The fourth-order valence-corrected chi connectivity index (χ4v) is 2.35. The minimum atomic E-state index is 0.422. The van der Waals surface area contributed by atoms with Crippen LogP contribution in [0.2, 0.25) is 5.15 Å². The number of rotatable bonds is 4. The van der Waals surface area contributed by atoms with E-state index < -0.39 is 0 Å². The van der Waals surface area contributed by atoms with Gasteiger partial charge in [0.25, 0.3) is 0 Å². The number of aromatic nitrogens is 4. The van der Waals surface area contributed by atoms with Gasteiger partial charge in [0.2, 0.25) is 12.4 Å². The molecule has 108 valence electrons. The van der Waals surface area contributed by atoms with Crippen molar-refractivity contribution in [1.82, 2.24) is 14.6 Å². The zero-order valence-corrected chi connectivity index (χ0v) is 12.2. The zero-order chi connectivity index (χ0) is 14.8. The highest BCUT2D eigenvalue weighted by molar-refractivity contribution is 6.29. The molecule has 21 heavy (non-hydrogen) atoms. The van der Waals surface area contributed by atoms with Crippen molar-refractivity contribution in [2.24, 2.45) is 0 Å². The van der Waals surface area contributed by atoms with Crippen LogP contribution in [-0.4, -0.2) is 19.8 Å². The van der Waals surface area contributed by atoms with E-state index in [0.717, 1.165) is 33.7 Å². The van der Waals surface area contributed by atoms with E-state index in [1.807, 2.05) is 6.07 Å². The highest BCUT2D eigenvalue weighted by Gasteiger charge is 2.10. The molecule has 0 saturated carbocycles. The Balaban J connectivity index is 1.91. The van der Waals surface area contributed by atoms with Gasteiger partial charge in [-0.15, -0.1) is 0 Å². The Labute approximate surface area is 126 Å². The van der Waals surface area contributed by atoms with E-state index in [2.05, 4.69) is 22.3 Å². The normalized spacial score (nSPS) is 11.0. The Kier molecular flexibility index (Phi) is 3.62. The van der Waals surface area contributed by atoms with Gasteiger partial charge in [0.15, 0.2) is 5.65 Å². The van der Waals surface area contributed by atoms with Crippen LogP contribution in [0.1, 0.15) is 18.1 Å². The molecule has 3 aromatic heterocycles. The minimum Gasteiger partial charge on any atom is -0.366 e. The molecule has 0 aliphatic heterocycles. The van der Waals surface area contributed by atoms with E-state index >= 15 is 0 Å². The van der Waals surface area contributed by atoms with Crippen molar-refractivity contribution in [2.45, 2.75) is 19.9 Å². The van der Waals surface area contributed by atoms with Crippen molar-refractivity contribution >= 4 is 23.1 Å². The molecular formula is C14H15ClN5O+. The van der Waals surface area contributed by atoms with Crippen LogP contribution in [0.5, 0.6) is 0 Å². The number of anilines is 1. The second-order valence-electron chi connectivity index (χ2n) is 4.67. The second-order valence-corrected chi connectivity index (χ2v) is 5.06. The van der Waals surface area contributed by atoms with Crippen molar-refractivity contribution in [3.05, 3.63) is 53.1 Å². The van der Waals surface area contributed by atoms with E-state index in [4.69, 9.17) is 11.6 Å². The third kappa shape index (κ3) is 2.75. The predicted molar refractivity (Wildman–Crippen MR) is 78.5 cm³/mol. The average molecular weight is 305 g/mol. The van der Waals surface area contributed by atoms with Gasteiger partial charge >= 0.3 is 0 Å². The lowest BCUT2D eigenvalue weighted by Crippen LogP contribution is -2.29. The molecule has 0 fully saturated rings. The predicted octanol–water partition coefficient (Wildman–Crippen LogP) is 2.08. The number of hydrogen-bond acceptors (Lipinski definition) is 4. The summed E-state index contributed by atoms with van der Waals surface area (Å²) in [5, 5.41) is 17.4. The summed E-state index contributed by atoms with van der Waals surface area (Å²) in [6.07, 6.45) is 5.84. The van der Waals surface area contributed by atoms with Gasteiger partial charge in [-0.05, 0) is 12.5 Å². The molecule has 3 heterocycles. The first-order valence-electron chi connectivity index (χ1n) is 6.64. The standard InChI is InChI=1S/C14H15ClN5O/c1-2-11-8-17-20-13(6-12(15)18-14(11)20)16-7-10-4-3-5-19(21)9-10/h3-6,8-9,16,21H,2,7H2,1H3/q+1. The molecule has 0 saturated heterocycles. The molecule has 0 spiro atoms. The molecule has 3 aromatic rings. The molecule has 7 heteroatoms. The number of halogens is 1. The number of aryl methyl sites for hydroxylation is 1. The highest BCUT2D eigenvalue weighted by Crippen LogP contribution is 2.19. The molecule has 0 bridgehead atoms. The summed E-state index contributed by atoms with van der Waals surface area (Å²) in [4.78, 5) is 4.32. The Morgan fingerprint density at radius 1 is 1.48 bits per heavy atom. The minimum absolute atomic E-state index is 0.422. The van der Waals surface area contributed by atoms with Crippen LogP contribution in [0.4, 0.5) is 5.82 Å². The molecule has 0 aliphatic carbocycles. The van der Waals surface area contributed by atoms with Crippen LogP contribution in [-0.2, 0) is 13.0 Å². The van der Waals surface area contributed by atoms with E-state index in [9.17, 15) is 5.21 Å². The average Bonchev–Trinajstić information content (AvgIpc) is 2.87. The summed E-state index contributed by atoms with van der Waals surface area (Å²) in [5.74, 6) is 0.762. The van der Waals surface area contributed by atoms with Gasteiger partial charge in [-0.3, -0.25) is 5.21 Å². The lowest BCUT2D eigenvalue weighted by Gasteiger charge is -2.08. The Morgan fingerprint density at radius 3 is 3.10 bits per heavy atom. The monoisotopic (exact) mass is 304 g/mol. The molecule has 0 unspecified atom stereocenters. The molecule has 3 rings (SSSR count). The summed E-state index contributed by atoms with van der Waals surface area (Å²) in [5.41, 5.74) is 2.75. The van der Waals surface area contributed by atoms with Crippen molar-refractivity contribution in [2.75, 3.05) is 5.32 Å². The Morgan fingerprint density at radius 2 is 2.33 bits per heavy atom. The summed E-state index contributed by atoms with van der Waals surface area (Å²) in [6, 6.07) is 5.42. The number of nitrogens with one attached hydrogen (secondary N) is 1. The fourth-order valence-electron chi connectivity index (χ4n) is 2.16. The number of hydrogen-bond donors (Lipinski definition) is 2. The van der Waals surface area contributed by atoms with Gasteiger partial charge in [-0.25, -0.2) is 4.98 Å². The first kappa shape index (κ1) is 13.6. The number of pyridine rings is 1. The Bertz CT molecular complexity index is 786. The Hall–Kier alpha value is -2.34. The van der Waals surface area contributed by atoms with Crippen LogP contribution in [0.25, 0.3) is 5.65 Å². The first-order valence-corrected chi connectivity index (χ1v) is 7.01. The molecule has 6 nitrogen and oxygen atoms in total. The molecule has 0 radical (unpaired) electrons. The summed E-state index contributed by atoms with van der Waals surface area (Å²) >= 11 is 6.08. The number of fused-ring (bicyclic) bond motifs is 1. The SMILES string of the molecule is CCc1cnn2c(NCc3ccc[n+](O)c3)cc(Cl)nc12. The molecule has 2 N–H and O–H groups in total. The van der Waals surface area contributed by atoms with Gasteiger partial charge in [-0.2, -0.15) is 9.61 Å².